The summed E-state index contributed by atoms with van der Waals surface area (Å²) in [6, 6.07) is 4.03. The number of aromatic nitrogens is 1. The van der Waals surface area contributed by atoms with Crippen molar-refractivity contribution in [1.29, 1.82) is 0 Å². The maximum absolute atomic E-state index is 4.01. The van der Waals surface area contributed by atoms with E-state index in [0.29, 0.717) is 0 Å². The van der Waals surface area contributed by atoms with Crippen molar-refractivity contribution in [2.24, 2.45) is 0 Å². The molecule has 1 N–H and O–H groups in total. The van der Waals surface area contributed by atoms with Gasteiger partial charge in [-0.05, 0) is 38.1 Å². The first-order valence-corrected chi connectivity index (χ1v) is 6.31. The molecule has 0 saturated carbocycles. The van der Waals surface area contributed by atoms with Gasteiger partial charge in [0.05, 0.1) is 0 Å². The lowest BCUT2D eigenvalue weighted by Crippen LogP contribution is -2.29. The Balaban J connectivity index is 1.67. The van der Waals surface area contributed by atoms with E-state index in [9.17, 15) is 0 Å². The molecule has 1 fully saturated rings. The molecule has 3 nitrogen and oxygen atoms in total. The van der Waals surface area contributed by atoms with E-state index in [2.05, 4.69) is 15.2 Å². The number of hydrogen-bond acceptors (Lipinski definition) is 3. The van der Waals surface area contributed by atoms with E-state index in [1.165, 1.54) is 44.5 Å². The third-order valence-corrected chi connectivity index (χ3v) is 3.14. The molecule has 2 heterocycles. The zero-order chi connectivity index (χ0) is 11.1. The van der Waals surface area contributed by atoms with Crippen LogP contribution in [0.25, 0.3) is 0 Å². The van der Waals surface area contributed by atoms with Crippen molar-refractivity contribution >= 4 is 5.69 Å². The van der Waals surface area contributed by atoms with Gasteiger partial charge in [-0.3, -0.25) is 4.98 Å². The molecule has 2 rings (SSSR count). The molecule has 0 spiro atoms. The number of pyridine rings is 1. The molecule has 0 unspecified atom stereocenters. The lowest BCUT2D eigenvalue weighted by molar-refractivity contribution is 0.296. The fraction of sp³-hybridized carbons (Fsp3) is 0.615. The van der Waals surface area contributed by atoms with Crippen LogP contribution in [0, 0.1) is 0 Å². The molecule has 16 heavy (non-hydrogen) atoms. The monoisotopic (exact) mass is 219 g/mol. The maximum Gasteiger partial charge on any atom is 0.0371 e. The third-order valence-electron chi connectivity index (χ3n) is 3.14. The standard InChI is InChI=1S/C13H21N3/c1-2-4-11-16(10-3-1)12-9-15-13-5-7-14-8-6-13/h5-8H,1-4,9-12H2,(H,14,15). The zero-order valence-corrected chi connectivity index (χ0v) is 9.86. The second-order valence-electron chi connectivity index (χ2n) is 4.42. The highest BCUT2D eigenvalue weighted by Gasteiger charge is 2.07. The van der Waals surface area contributed by atoms with Crippen molar-refractivity contribution in [3.63, 3.8) is 0 Å². The summed E-state index contributed by atoms with van der Waals surface area (Å²) in [5, 5.41) is 3.43. The molecule has 1 aliphatic rings. The third kappa shape index (κ3) is 3.81. The molecule has 0 amide bonds. The van der Waals surface area contributed by atoms with Crippen LogP contribution in [0.2, 0.25) is 0 Å². The van der Waals surface area contributed by atoms with Gasteiger partial charge in [0, 0.05) is 31.2 Å². The Morgan fingerprint density at radius 3 is 2.44 bits per heavy atom. The fourth-order valence-electron chi connectivity index (χ4n) is 2.19. The minimum atomic E-state index is 1.03. The molecule has 3 heteroatoms. The van der Waals surface area contributed by atoms with E-state index in [4.69, 9.17) is 0 Å². The number of rotatable bonds is 4. The molecule has 1 aromatic rings. The van der Waals surface area contributed by atoms with Gasteiger partial charge < -0.3 is 10.2 Å². The largest absolute Gasteiger partial charge is 0.384 e. The fourth-order valence-corrected chi connectivity index (χ4v) is 2.19. The summed E-state index contributed by atoms with van der Waals surface area (Å²) in [6.07, 6.45) is 9.22. The van der Waals surface area contributed by atoms with Gasteiger partial charge in [0.1, 0.15) is 0 Å². The summed E-state index contributed by atoms with van der Waals surface area (Å²) < 4.78 is 0. The zero-order valence-electron chi connectivity index (χ0n) is 9.86. The quantitative estimate of drug-likeness (QED) is 0.842. The molecule has 1 aliphatic heterocycles. The number of likely N-dealkylation sites (tertiary alicyclic amines) is 1. The average Bonchev–Trinajstić information content (AvgIpc) is 2.59. The van der Waals surface area contributed by atoms with Crippen LogP contribution >= 0.6 is 0 Å². The average molecular weight is 219 g/mol. The van der Waals surface area contributed by atoms with Crippen molar-refractivity contribution < 1.29 is 0 Å². The van der Waals surface area contributed by atoms with Gasteiger partial charge in [0.2, 0.25) is 0 Å². The van der Waals surface area contributed by atoms with Crippen molar-refractivity contribution in [3.8, 4) is 0 Å². The van der Waals surface area contributed by atoms with Gasteiger partial charge in [-0.15, -0.1) is 0 Å². The lowest BCUT2D eigenvalue weighted by atomic mass is 10.2. The van der Waals surface area contributed by atoms with E-state index in [0.717, 1.165) is 13.1 Å². The van der Waals surface area contributed by atoms with E-state index in [-0.39, 0.29) is 0 Å². The van der Waals surface area contributed by atoms with Crippen LogP contribution in [0.3, 0.4) is 0 Å². The summed E-state index contributed by atoms with van der Waals surface area (Å²) in [5.74, 6) is 0. The van der Waals surface area contributed by atoms with Gasteiger partial charge in [0.15, 0.2) is 0 Å². The number of nitrogens with one attached hydrogen (secondary N) is 1. The second-order valence-corrected chi connectivity index (χ2v) is 4.42. The van der Waals surface area contributed by atoms with Gasteiger partial charge in [-0.25, -0.2) is 0 Å². The lowest BCUT2D eigenvalue weighted by Gasteiger charge is -2.20. The molecule has 0 radical (unpaired) electrons. The first-order valence-electron chi connectivity index (χ1n) is 6.31. The van der Waals surface area contributed by atoms with Crippen molar-refractivity contribution in [1.82, 2.24) is 9.88 Å². The highest BCUT2D eigenvalue weighted by atomic mass is 15.1. The Hall–Kier alpha value is -1.09. The SMILES string of the molecule is c1cc(NCCN2CCCCCC2)ccn1. The Labute approximate surface area is 97.9 Å². The summed E-state index contributed by atoms with van der Waals surface area (Å²) in [4.78, 5) is 6.58. The van der Waals surface area contributed by atoms with Crippen molar-refractivity contribution in [2.75, 3.05) is 31.5 Å². The van der Waals surface area contributed by atoms with Crippen LogP contribution in [0.4, 0.5) is 5.69 Å². The molecule has 1 aromatic heterocycles. The Morgan fingerprint density at radius 2 is 1.75 bits per heavy atom. The highest BCUT2D eigenvalue weighted by molar-refractivity contribution is 5.40. The number of hydrogen-bond donors (Lipinski definition) is 1. The van der Waals surface area contributed by atoms with Crippen LogP contribution in [-0.2, 0) is 0 Å². The van der Waals surface area contributed by atoms with Crippen molar-refractivity contribution in [3.05, 3.63) is 24.5 Å². The van der Waals surface area contributed by atoms with E-state index in [1.807, 2.05) is 24.5 Å². The topological polar surface area (TPSA) is 28.2 Å². The van der Waals surface area contributed by atoms with Crippen LogP contribution in [0.15, 0.2) is 24.5 Å². The maximum atomic E-state index is 4.01. The number of nitrogens with zero attached hydrogens (tertiary/aromatic N) is 2. The Bertz CT molecular complexity index is 278. The van der Waals surface area contributed by atoms with Crippen LogP contribution in [-0.4, -0.2) is 36.1 Å². The predicted octanol–water partition coefficient (Wildman–Crippen LogP) is 2.37. The molecule has 0 aromatic carbocycles. The predicted molar refractivity (Wildman–Crippen MR) is 67.6 cm³/mol. The van der Waals surface area contributed by atoms with Crippen molar-refractivity contribution in [2.45, 2.75) is 25.7 Å². The van der Waals surface area contributed by atoms with Crippen LogP contribution < -0.4 is 5.32 Å². The van der Waals surface area contributed by atoms with Crippen LogP contribution in [0.5, 0.6) is 0 Å². The smallest absolute Gasteiger partial charge is 0.0371 e. The molecule has 0 atom stereocenters. The minimum Gasteiger partial charge on any atom is -0.384 e. The molecule has 0 bridgehead atoms. The summed E-state index contributed by atoms with van der Waals surface area (Å²) in [7, 11) is 0. The second kappa shape index (κ2) is 6.48. The molecule has 88 valence electrons. The molecule has 0 aliphatic carbocycles. The Morgan fingerprint density at radius 1 is 1.06 bits per heavy atom. The van der Waals surface area contributed by atoms with Gasteiger partial charge in [-0.2, -0.15) is 0 Å². The van der Waals surface area contributed by atoms with Gasteiger partial charge in [0.25, 0.3) is 0 Å². The Kier molecular flexibility index (Phi) is 4.62. The first-order chi connectivity index (χ1) is 7.95. The van der Waals surface area contributed by atoms with E-state index < -0.39 is 0 Å². The summed E-state index contributed by atoms with van der Waals surface area (Å²) >= 11 is 0. The van der Waals surface area contributed by atoms with Crippen LogP contribution in [0.1, 0.15) is 25.7 Å². The minimum absolute atomic E-state index is 1.03. The normalized spacial score (nSPS) is 18.0. The van der Waals surface area contributed by atoms with E-state index in [1.54, 1.807) is 0 Å². The molecule has 1 saturated heterocycles. The van der Waals surface area contributed by atoms with Gasteiger partial charge >= 0.3 is 0 Å². The first kappa shape index (κ1) is 11.4. The van der Waals surface area contributed by atoms with E-state index >= 15 is 0 Å². The number of anilines is 1. The molecular formula is C13H21N3. The summed E-state index contributed by atoms with van der Waals surface area (Å²) in [6.45, 7) is 4.74. The van der Waals surface area contributed by atoms with Gasteiger partial charge in [-0.1, -0.05) is 12.8 Å². The highest BCUT2D eigenvalue weighted by Crippen LogP contribution is 2.09. The molecular weight excluding hydrogens is 198 g/mol. The summed E-state index contributed by atoms with van der Waals surface area (Å²) in [5.41, 5.74) is 1.17.